The largest absolute Gasteiger partial charge is 0.497 e. The van der Waals surface area contributed by atoms with Crippen LogP contribution in [0.4, 0.5) is 5.69 Å². The first-order valence-electron chi connectivity index (χ1n) is 7.13. The highest BCUT2D eigenvalue weighted by atomic mass is 16.5. The lowest BCUT2D eigenvalue weighted by Gasteiger charge is -2.15. The summed E-state index contributed by atoms with van der Waals surface area (Å²) in [4.78, 5) is 0. The lowest BCUT2D eigenvalue weighted by molar-refractivity contribution is 0.415. The highest BCUT2D eigenvalue weighted by Crippen LogP contribution is 2.17. The van der Waals surface area contributed by atoms with Gasteiger partial charge in [-0.3, -0.25) is 0 Å². The molecule has 0 radical (unpaired) electrons. The minimum atomic E-state index is 0.448. The van der Waals surface area contributed by atoms with Crippen LogP contribution in [0.1, 0.15) is 24.5 Å². The van der Waals surface area contributed by atoms with Crippen molar-refractivity contribution in [2.75, 3.05) is 12.4 Å². The van der Waals surface area contributed by atoms with E-state index in [1.165, 1.54) is 11.1 Å². The summed E-state index contributed by atoms with van der Waals surface area (Å²) in [6.45, 7) is 4.36. The molecule has 106 valence electrons. The van der Waals surface area contributed by atoms with Crippen LogP contribution in [0.15, 0.2) is 48.5 Å². The van der Waals surface area contributed by atoms with Gasteiger partial charge in [0.2, 0.25) is 0 Å². The van der Waals surface area contributed by atoms with Crippen molar-refractivity contribution < 1.29 is 4.74 Å². The number of anilines is 1. The van der Waals surface area contributed by atoms with Crippen molar-refractivity contribution in [1.82, 2.24) is 0 Å². The van der Waals surface area contributed by atoms with Crippen LogP contribution in [0.3, 0.4) is 0 Å². The van der Waals surface area contributed by atoms with Crippen molar-refractivity contribution >= 4 is 5.69 Å². The van der Waals surface area contributed by atoms with Gasteiger partial charge in [0.15, 0.2) is 0 Å². The Labute approximate surface area is 121 Å². The smallest absolute Gasteiger partial charge is 0.119 e. The third kappa shape index (κ3) is 4.30. The van der Waals surface area contributed by atoms with Gasteiger partial charge in [-0.2, -0.15) is 0 Å². The van der Waals surface area contributed by atoms with E-state index in [1.54, 1.807) is 7.11 Å². The van der Waals surface area contributed by atoms with Crippen LogP contribution >= 0.6 is 0 Å². The first kappa shape index (κ1) is 14.4. The Morgan fingerprint density at radius 1 is 1.10 bits per heavy atom. The van der Waals surface area contributed by atoms with Crippen LogP contribution in [0.5, 0.6) is 5.75 Å². The Morgan fingerprint density at radius 2 is 1.85 bits per heavy atom. The van der Waals surface area contributed by atoms with Gasteiger partial charge in [0.25, 0.3) is 0 Å². The molecule has 0 heterocycles. The Bertz CT molecular complexity index is 533. The zero-order valence-electron chi connectivity index (χ0n) is 12.5. The Kier molecular flexibility index (Phi) is 5.05. The normalized spacial score (nSPS) is 11.9. The van der Waals surface area contributed by atoms with Gasteiger partial charge < -0.3 is 10.1 Å². The maximum absolute atomic E-state index is 5.16. The topological polar surface area (TPSA) is 21.3 Å². The molecule has 2 nitrogen and oxygen atoms in total. The molecule has 2 aromatic rings. The van der Waals surface area contributed by atoms with Crippen molar-refractivity contribution in [3.63, 3.8) is 0 Å². The number of ether oxygens (including phenoxy) is 1. The molecule has 0 aliphatic carbocycles. The first-order chi connectivity index (χ1) is 9.67. The SMILES string of the molecule is COc1ccc(NC(C)CCc2cccc(C)c2)cc1. The van der Waals surface area contributed by atoms with Gasteiger partial charge in [-0.05, 0) is 56.5 Å². The van der Waals surface area contributed by atoms with E-state index in [9.17, 15) is 0 Å². The van der Waals surface area contributed by atoms with Crippen molar-refractivity contribution in [2.24, 2.45) is 0 Å². The van der Waals surface area contributed by atoms with Crippen LogP contribution in [-0.4, -0.2) is 13.2 Å². The molecular formula is C18H23NO. The number of hydrogen-bond acceptors (Lipinski definition) is 2. The highest BCUT2D eigenvalue weighted by Gasteiger charge is 2.03. The van der Waals surface area contributed by atoms with E-state index in [-0.39, 0.29) is 0 Å². The van der Waals surface area contributed by atoms with Crippen molar-refractivity contribution in [2.45, 2.75) is 32.7 Å². The van der Waals surface area contributed by atoms with Crippen LogP contribution in [-0.2, 0) is 6.42 Å². The van der Waals surface area contributed by atoms with Gasteiger partial charge in [-0.25, -0.2) is 0 Å². The van der Waals surface area contributed by atoms with Gasteiger partial charge in [0.05, 0.1) is 7.11 Å². The minimum absolute atomic E-state index is 0.448. The van der Waals surface area contributed by atoms with Crippen molar-refractivity contribution in [3.8, 4) is 5.75 Å². The van der Waals surface area contributed by atoms with Gasteiger partial charge in [-0.15, -0.1) is 0 Å². The molecule has 1 unspecified atom stereocenters. The second kappa shape index (κ2) is 6.99. The van der Waals surface area contributed by atoms with E-state index in [1.807, 2.05) is 12.1 Å². The summed E-state index contributed by atoms with van der Waals surface area (Å²) in [6.07, 6.45) is 2.22. The Balaban J connectivity index is 1.84. The van der Waals surface area contributed by atoms with Crippen molar-refractivity contribution in [3.05, 3.63) is 59.7 Å². The number of aryl methyl sites for hydroxylation is 2. The van der Waals surface area contributed by atoms with E-state index in [0.29, 0.717) is 6.04 Å². The molecule has 0 spiro atoms. The average Bonchev–Trinajstić information content (AvgIpc) is 2.46. The fourth-order valence-electron chi connectivity index (χ4n) is 2.29. The summed E-state index contributed by atoms with van der Waals surface area (Å²) in [5.74, 6) is 0.892. The predicted molar refractivity (Wildman–Crippen MR) is 85.6 cm³/mol. The van der Waals surface area contributed by atoms with Crippen LogP contribution in [0.25, 0.3) is 0 Å². The summed E-state index contributed by atoms with van der Waals surface area (Å²) < 4.78 is 5.16. The molecule has 0 aromatic heterocycles. The molecule has 0 saturated heterocycles. The zero-order chi connectivity index (χ0) is 14.4. The fourth-order valence-corrected chi connectivity index (χ4v) is 2.29. The summed E-state index contributed by atoms with van der Waals surface area (Å²) in [7, 11) is 1.69. The van der Waals surface area contributed by atoms with Crippen LogP contribution in [0, 0.1) is 6.92 Å². The Hall–Kier alpha value is -1.96. The summed E-state index contributed by atoms with van der Waals surface area (Å²) in [5.41, 5.74) is 3.88. The third-order valence-electron chi connectivity index (χ3n) is 3.45. The first-order valence-corrected chi connectivity index (χ1v) is 7.13. The minimum Gasteiger partial charge on any atom is -0.497 e. The Morgan fingerprint density at radius 3 is 2.50 bits per heavy atom. The van der Waals surface area contributed by atoms with E-state index < -0.39 is 0 Å². The van der Waals surface area contributed by atoms with Crippen molar-refractivity contribution in [1.29, 1.82) is 0 Å². The molecule has 0 fully saturated rings. The molecule has 2 aromatic carbocycles. The standard InChI is InChI=1S/C18H23NO/c1-14-5-4-6-16(13-14)8-7-15(2)19-17-9-11-18(20-3)12-10-17/h4-6,9-13,15,19H,7-8H2,1-3H3. The van der Waals surface area contributed by atoms with E-state index in [4.69, 9.17) is 4.74 Å². The van der Waals surface area contributed by atoms with Gasteiger partial charge in [0.1, 0.15) is 5.75 Å². The van der Waals surface area contributed by atoms with Gasteiger partial charge in [-0.1, -0.05) is 29.8 Å². The molecule has 20 heavy (non-hydrogen) atoms. The third-order valence-corrected chi connectivity index (χ3v) is 3.45. The van der Waals surface area contributed by atoms with Crippen LogP contribution < -0.4 is 10.1 Å². The molecular weight excluding hydrogens is 246 g/mol. The second-order valence-corrected chi connectivity index (χ2v) is 5.30. The summed E-state index contributed by atoms with van der Waals surface area (Å²) in [5, 5.41) is 3.52. The summed E-state index contributed by atoms with van der Waals surface area (Å²) in [6, 6.07) is 17.3. The predicted octanol–water partition coefficient (Wildman–Crippen LogP) is 4.44. The van der Waals surface area contributed by atoms with Gasteiger partial charge >= 0.3 is 0 Å². The second-order valence-electron chi connectivity index (χ2n) is 5.30. The summed E-state index contributed by atoms with van der Waals surface area (Å²) >= 11 is 0. The maximum atomic E-state index is 5.16. The molecule has 2 rings (SSSR count). The molecule has 0 aliphatic rings. The number of benzene rings is 2. The lowest BCUT2D eigenvalue weighted by atomic mass is 10.0. The highest BCUT2D eigenvalue weighted by molar-refractivity contribution is 5.46. The average molecular weight is 269 g/mol. The zero-order valence-corrected chi connectivity index (χ0v) is 12.5. The molecule has 0 amide bonds. The molecule has 0 bridgehead atoms. The van der Waals surface area contributed by atoms with E-state index in [2.05, 4.69) is 55.6 Å². The molecule has 2 heteroatoms. The molecule has 0 saturated carbocycles. The number of rotatable bonds is 6. The maximum Gasteiger partial charge on any atom is 0.119 e. The molecule has 0 aliphatic heterocycles. The number of nitrogens with one attached hydrogen (secondary N) is 1. The number of hydrogen-bond donors (Lipinski definition) is 1. The van der Waals surface area contributed by atoms with Gasteiger partial charge in [0, 0.05) is 11.7 Å². The monoisotopic (exact) mass is 269 g/mol. The van der Waals surface area contributed by atoms with E-state index >= 15 is 0 Å². The molecule has 1 atom stereocenters. The quantitative estimate of drug-likeness (QED) is 0.837. The van der Waals surface area contributed by atoms with E-state index in [0.717, 1.165) is 24.3 Å². The fraction of sp³-hybridized carbons (Fsp3) is 0.333. The lowest BCUT2D eigenvalue weighted by Crippen LogP contribution is -2.15. The number of methoxy groups -OCH3 is 1. The molecule has 1 N–H and O–H groups in total. The van der Waals surface area contributed by atoms with Crippen LogP contribution in [0.2, 0.25) is 0 Å².